The van der Waals surface area contributed by atoms with Crippen molar-refractivity contribution in [2.45, 2.75) is 25.7 Å². The monoisotopic (exact) mass is 383 g/mol. The Morgan fingerprint density at radius 1 is 1.30 bits per heavy atom. The number of aromatic nitrogens is 1. The molecule has 1 aliphatic heterocycles. The molecule has 1 unspecified atom stereocenters. The lowest BCUT2D eigenvalue weighted by molar-refractivity contribution is -0.117. The number of hydrogen-bond donors (Lipinski definition) is 1. The van der Waals surface area contributed by atoms with E-state index in [9.17, 15) is 4.79 Å². The second-order valence-corrected chi connectivity index (χ2v) is 7.46. The van der Waals surface area contributed by atoms with Gasteiger partial charge in [0, 0.05) is 23.2 Å². The summed E-state index contributed by atoms with van der Waals surface area (Å²) in [5.41, 5.74) is 3.35. The van der Waals surface area contributed by atoms with Gasteiger partial charge in [-0.2, -0.15) is 0 Å². The molecule has 1 aliphatic rings. The number of nitrogens with one attached hydrogen (secondary N) is 1. The Bertz CT molecular complexity index is 936. The van der Waals surface area contributed by atoms with Crippen LogP contribution in [0.5, 0.6) is 0 Å². The molecule has 1 N–H and O–H groups in total. The molecule has 5 nitrogen and oxygen atoms in total. The number of para-hydroxylation sites is 2. The van der Waals surface area contributed by atoms with Crippen LogP contribution in [0, 0.1) is 6.92 Å². The molecule has 0 saturated carbocycles. The maximum absolute atomic E-state index is 12.5. The average molecular weight is 384 g/mol. The molecule has 1 atom stereocenters. The molecule has 4 rings (SSSR count). The molecular weight excluding hydrogens is 362 g/mol. The van der Waals surface area contributed by atoms with E-state index in [2.05, 4.69) is 15.2 Å². The van der Waals surface area contributed by atoms with E-state index in [-0.39, 0.29) is 11.8 Å². The van der Waals surface area contributed by atoms with Crippen LogP contribution in [0.2, 0.25) is 5.02 Å². The normalized spacial score (nSPS) is 17.9. The molecule has 0 aliphatic carbocycles. The average Bonchev–Trinajstić information content (AvgIpc) is 3.10. The Hall–Kier alpha value is -2.37. The van der Waals surface area contributed by atoms with Crippen LogP contribution in [-0.2, 0) is 4.79 Å². The molecule has 1 saturated heterocycles. The van der Waals surface area contributed by atoms with Gasteiger partial charge in [0.15, 0.2) is 11.5 Å². The van der Waals surface area contributed by atoms with E-state index in [1.165, 1.54) is 0 Å². The predicted molar refractivity (Wildman–Crippen MR) is 107 cm³/mol. The quantitative estimate of drug-likeness (QED) is 0.714. The number of amides is 1. The first-order valence-corrected chi connectivity index (χ1v) is 9.61. The second kappa shape index (κ2) is 7.71. The summed E-state index contributed by atoms with van der Waals surface area (Å²) in [4.78, 5) is 19.3. The lowest BCUT2D eigenvalue weighted by Crippen LogP contribution is -2.39. The number of nitrogens with zero attached hydrogens (tertiary/aromatic N) is 2. The first kappa shape index (κ1) is 18.0. The molecule has 0 radical (unpaired) electrons. The summed E-state index contributed by atoms with van der Waals surface area (Å²) in [5.74, 6) is 0.956. The number of rotatable bonds is 4. The van der Waals surface area contributed by atoms with E-state index >= 15 is 0 Å². The van der Waals surface area contributed by atoms with Gasteiger partial charge in [-0.15, -0.1) is 0 Å². The molecule has 27 heavy (non-hydrogen) atoms. The van der Waals surface area contributed by atoms with Crippen LogP contribution in [0.4, 0.5) is 5.69 Å². The van der Waals surface area contributed by atoms with Crippen molar-refractivity contribution in [1.82, 2.24) is 9.88 Å². The Labute approximate surface area is 163 Å². The highest BCUT2D eigenvalue weighted by atomic mass is 35.5. The molecule has 6 heteroatoms. The van der Waals surface area contributed by atoms with Crippen molar-refractivity contribution in [3.8, 4) is 0 Å². The highest BCUT2D eigenvalue weighted by Gasteiger charge is 2.26. The van der Waals surface area contributed by atoms with E-state index < -0.39 is 0 Å². The van der Waals surface area contributed by atoms with Crippen molar-refractivity contribution in [2.24, 2.45) is 0 Å². The summed E-state index contributed by atoms with van der Waals surface area (Å²) in [6, 6.07) is 13.3. The fraction of sp³-hybridized carbons (Fsp3) is 0.333. The minimum absolute atomic E-state index is 0.0291. The van der Waals surface area contributed by atoms with Gasteiger partial charge < -0.3 is 9.73 Å². The van der Waals surface area contributed by atoms with Crippen LogP contribution in [0.25, 0.3) is 11.1 Å². The summed E-state index contributed by atoms with van der Waals surface area (Å²) in [6.07, 6.45) is 2.05. The summed E-state index contributed by atoms with van der Waals surface area (Å²) in [5, 5.41) is 3.62. The lowest BCUT2D eigenvalue weighted by atomic mass is 9.98. The van der Waals surface area contributed by atoms with Crippen LogP contribution < -0.4 is 5.32 Å². The van der Waals surface area contributed by atoms with Crippen molar-refractivity contribution >= 4 is 34.3 Å². The highest BCUT2D eigenvalue weighted by Crippen LogP contribution is 2.29. The van der Waals surface area contributed by atoms with Crippen molar-refractivity contribution in [2.75, 3.05) is 25.0 Å². The minimum Gasteiger partial charge on any atom is -0.440 e. The summed E-state index contributed by atoms with van der Waals surface area (Å²) >= 11 is 6.13. The first-order chi connectivity index (χ1) is 13.1. The molecule has 2 heterocycles. The minimum atomic E-state index is -0.0291. The van der Waals surface area contributed by atoms with E-state index in [4.69, 9.17) is 16.0 Å². The zero-order valence-electron chi connectivity index (χ0n) is 15.2. The number of fused-ring (bicyclic) bond motifs is 1. The van der Waals surface area contributed by atoms with Gasteiger partial charge in [0.2, 0.25) is 5.91 Å². The van der Waals surface area contributed by atoms with E-state index in [0.717, 1.165) is 54.2 Å². The van der Waals surface area contributed by atoms with Crippen LogP contribution in [0.3, 0.4) is 0 Å². The third kappa shape index (κ3) is 3.99. The molecule has 0 bridgehead atoms. The first-order valence-electron chi connectivity index (χ1n) is 9.23. The maximum Gasteiger partial charge on any atom is 0.238 e. The van der Waals surface area contributed by atoms with Gasteiger partial charge in [0.1, 0.15) is 5.52 Å². The van der Waals surface area contributed by atoms with Gasteiger partial charge in [-0.3, -0.25) is 9.69 Å². The smallest absolute Gasteiger partial charge is 0.238 e. The Balaban J connectivity index is 1.40. The zero-order valence-corrected chi connectivity index (χ0v) is 16.0. The molecule has 3 aromatic rings. The van der Waals surface area contributed by atoms with Crippen molar-refractivity contribution in [3.63, 3.8) is 0 Å². The summed E-state index contributed by atoms with van der Waals surface area (Å²) < 4.78 is 5.93. The third-order valence-electron chi connectivity index (χ3n) is 5.07. The molecule has 2 aromatic carbocycles. The molecule has 1 fully saturated rings. The fourth-order valence-corrected chi connectivity index (χ4v) is 3.78. The summed E-state index contributed by atoms with van der Waals surface area (Å²) in [6.45, 7) is 3.93. The number of hydrogen-bond acceptors (Lipinski definition) is 4. The van der Waals surface area contributed by atoms with Crippen LogP contribution in [-0.4, -0.2) is 35.4 Å². The number of carbonyl (C=O) groups excluding carboxylic acids is 1. The molecule has 0 spiro atoms. The Morgan fingerprint density at radius 2 is 2.15 bits per heavy atom. The number of oxazole rings is 1. The van der Waals surface area contributed by atoms with E-state index in [1.54, 1.807) is 0 Å². The van der Waals surface area contributed by atoms with Crippen molar-refractivity contribution < 1.29 is 9.21 Å². The fourth-order valence-electron chi connectivity index (χ4n) is 3.60. The van der Waals surface area contributed by atoms with E-state index in [1.807, 2.05) is 49.4 Å². The molecule has 1 amide bonds. The van der Waals surface area contributed by atoms with Gasteiger partial charge in [0.25, 0.3) is 0 Å². The van der Waals surface area contributed by atoms with Crippen LogP contribution >= 0.6 is 11.6 Å². The summed E-state index contributed by atoms with van der Waals surface area (Å²) in [7, 11) is 0. The number of halogens is 1. The molecular formula is C21H22ClN3O2. The topological polar surface area (TPSA) is 58.4 Å². The number of piperidine rings is 1. The number of benzene rings is 2. The molecule has 1 aromatic heterocycles. The number of likely N-dealkylation sites (tertiary alicyclic amines) is 1. The Morgan fingerprint density at radius 3 is 3.00 bits per heavy atom. The van der Waals surface area contributed by atoms with Crippen LogP contribution in [0.15, 0.2) is 46.9 Å². The maximum atomic E-state index is 12.5. The SMILES string of the molecule is Cc1c(Cl)cccc1NC(=O)CN1CCCC(c2nc3ccccc3o2)C1. The third-order valence-corrected chi connectivity index (χ3v) is 5.48. The van der Waals surface area contributed by atoms with Gasteiger partial charge >= 0.3 is 0 Å². The van der Waals surface area contributed by atoms with Crippen molar-refractivity contribution in [1.29, 1.82) is 0 Å². The standard InChI is InChI=1S/C21H22ClN3O2/c1-14-16(22)7-4-9-17(14)23-20(26)13-25-11-5-6-15(12-25)21-24-18-8-2-3-10-19(18)27-21/h2-4,7-10,15H,5-6,11-13H2,1H3,(H,23,26). The highest BCUT2D eigenvalue weighted by molar-refractivity contribution is 6.31. The predicted octanol–water partition coefficient (Wildman–Crippen LogP) is 4.61. The van der Waals surface area contributed by atoms with Gasteiger partial charge in [-0.1, -0.05) is 29.8 Å². The van der Waals surface area contributed by atoms with Crippen molar-refractivity contribution in [3.05, 3.63) is 58.9 Å². The Kier molecular flexibility index (Phi) is 5.14. The largest absolute Gasteiger partial charge is 0.440 e. The zero-order chi connectivity index (χ0) is 18.8. The van der Waals surface area contributed by atoms with E-state index in [0.29, 0.717) is 11.6 Å². The number of anilines is 1. The van der Waals surface area contributed by atoms with Gasteiger partial charge in [0.05, 0.1) is 6.54 Å². The van der Waals surface area contributed by atoms with Gasteiger partial charge in [-0.25, -0.2) is 4.98 Å². The molecule has 140 valence electrons. The number of carbonyl (C=O) groups is 1. The lowest BCUT2D eigenvalue weighted by Gasteiger charge is -2.30. The van der Waals surface area contributed by atoms with Gasteiger partial charge in [-0.05, 0) is 56.1 Å². The van der Waals surface area contributed by atoms with Crippen LogP contribution in [0.1, 0.15) is 30.2 Å². The second-order valence-electron chi connectivity index (χ2n) is 7.05.